The molecule has 5 heteroatoms. The summed E-state index contributed by atoms with van der Waals surface area (Å²) in [6.45, 7) is 2.17. The van der Waals surface area contributed by atoms with E-state index in [1.807, 2.05) is 18.2 Å². The summed E-state index contributed by atoms with van der Waals surface area (Å²) in [7, 11) is 0. The third-order valence-electron chi connectivity index (χ3n) is 2.63. The van der Waals surface area contributed by atoms with Gasteiger partial charge in [0, 0.05) is 10.2 Å². The number of amidine groups is 1. The van der Waals surface area contributed by atoms with E-state index in [1.54, 1.807) is 11.8 Å². The van der Waals surface area contributed by atoms with Crippen LogP contribution in [-0.4, -0.2) is 17.0 Å². The first kappa shape index (κ1) is 13.2. The molecular weight excluding hydrogens is 320 g/mol. The number of rotatable bonds is 2. The van der Waals surface area contributed by atoms with E-state index in [2.05, 4.69) is 33.2 Å². The third kappa shape index (κ3) is 3.63. The molecule has 0 radical (unpaired) electrons. The summed E-state index contributed by atoms with van der Waals surface area (Å²) in [4.78, 5) is 4.66. The van der Waals surface area contributed by atoms with Crippen molar-refractivity contribution in [3.05, 3.63) is 27.7 Å². The van der Waals surface area contributed by atoms with Gasteiger partial charge in [0.05, 0.1) is 16.8 Å². The number of halogens is 2. The smallest absolute Gasteiger partial charge is 0.161 e. The van der Waals surface area contributed by atoms with Gasteiger partial charge in [-0.25, -0.2) is 0 Å². The predicted molar refractivity (Wildman–Crippen MR) is 81.4 cm³/mol. The van der Waals surface area contributed by atoms with E-state index >= 15 is 0 Å². The molecule has 1 aromatic carbocycles. The van der Waals surface area contributed by atoms with Gasteiger partial charge in [-0.1, -0.05) is 46.2 Å². The summed E-state index contributed by atoms with van der Waals surface area (Å²) in [5.74, 6) is 1.12. The summed E-state index contributed by atoms with van der Waals surface area (Å²) in [5.41, 5.74) is 0.915. The number of aliphatic imine (C=N–C) groups is 1. The number of anilines is 1. The standard InChI is InChI=1S/C12H14BrClN2S/c1-2-9-5-6-17-12(15-9)16-11-4-3-8(13)7-10(11)14/h3-4,7,9H,2,5-6H2,1H3,(H,15,16). The van der Waals surface area contributed by atoms with Gasteiger partial charge in [0.2, 0.25) is 0 Å². The Bertz CT molecular complexity index is 437. The lowest BCUT2D eigenvalue weighted by atomic mass is 10.2. The van der Waals surface area contributed by atoms with Crippen LogP contribution in [0.15, 0.2) is 27.7 Å². The van der Waals surface area contributed by atoms with E-state index < -0.39 is 0 Å². The highest BCUT2D eigenvalue weighted by Crippen LogP contribution is 2.28. The second-order valence-corrected chi connectivity index (χ2v) is 6.29. The number of benzene rings is 1. The quantitative estimate of drug-likeness (QED) is 0.842. The first-order chi connectivity index (χ1) is 8.19. The molecular formula is C12H14BrClN2S. The van der Waals surface area contributed by atoms with Crippen LogP contribution in [0.3, 0.4) is 0 Å². The predicted octanol–water partition coefficient (Wildman–Crippen LogP) is 4.79. The minimum atomic E-state index is 0.452. The van der Waals surface area contributed by atoms with Crippen molar-refractivity contribution >= 4 is 50.1 Å². The van der Waals surface area contributed by atoms with Crippen molar-refractivity contribution in [1.82, 2.24) is 0 Å². The second-order valence-electron chi connectivity index (χ2n) is 3.88. The lowest BCUT2D eigenvalue weighted by Crippen LogP contribution is -2.19. The van der Waals surface area contributed by atoms with E-state index in [0.29, 0.717) is 11.1 Å². The highest BCUT2D eigenvalue weighted by atomic mass is 79.9. The second kappa shape index (κ2) is 6.12. The Kier molecular flexibility index (Phi) is 4.77. The first-order valence-electron chi connectivity index (χ1n) is 5.61. The van der Waals surface area contributed by atoms with Crippen LogP contribution in [0.5, 0.6) is 0 Å². The zero-order valence-corrected chi connectivity index (χ0v) is 12.7. The Morgan fingerprint density at radius 1 is 1.59 bits per heavy atom. The SMILES string of the molecule is CCC1CCSC(Nc2ccc(Br)cc2Cl)=N1. The maximum absolute atomic E-state index is 6.16. The number of hydrogen-bond acceptors (Lipinski definition) is 3. The van der Waals surface area contributed by atoms with Crippen molar-refractivity contribution in [2.75, 3.05) is 11.1 Å². The largest absolute Gasteiger partial charge is 0.334 e. The van der Waals surface area contributed by atoms with Crippen molar-refractivity contribution in [2.45, 2.75) is 25.8 Å². The maximum Gasteiger partial charge on any atom is 0.161 e. The third-order valence-corrected chi connectivity index (χ3v) is 4.36. The van der Waals surface area contributed by atoms with Crippen LogP contribution in [0.1, 0.15) is 19.8 Å². The van der Waals surface area contributed by atoms with Gasteiger partial charge in [-0.2, -0.15) is 0 Å². The molecule has 1 aliphatic heterocycles. The summed E-state index contributed by atoms with van der Waals surface area (Å²) in [5, 5.41) is 4.99. The Balaban J connectivity index is 2.12. The molecule has 2 nitrogen and oxygen atoms in total. The molecule has 1 N–H and O–H groups in total. The number of hydrogen-bond donors (Lipinski definition) is 1. The summed E-state index contributed by atoms with van der Waals surface area (Å²) < 4.78 is 0.984. The number of nitrogens with zero attached hydrogens (tertiary/aromatic N) is 1. The Morgan fingerprint density at radius 2 is 2.41 bits per heavy atom. The maximum atomic E-state index is 6.16. The van der Waals surface area contributed by atoms with Crippen LogP contribution in [0.4, 0.5) is 5.69 Å². The molecule has 0 fully saturated rings. The van der Waals surface area contributed by atoms with Gasteiger partial charge in [0.25, 0.3) is 0 Å². The zero-order chi connectivity index (χ0) is 12.3. The molecule has 0 aromatic heterocycles. The van der Waals surface area contributed by atoms with Crippen molar-refractivity contribution in [3.8, 4) is 0 Å². The molecule has 2 rings (SSSR count). The van der Waals surface area contributed by atoms with E-state index in [1.165, 1.54) is 6.42 Å². The molecule has 1 heterocycles. The number of thioether (sulfide) groups is 1. The van der Waals surface area contributed by atoms with Crippen molar-refractivity contribution in [1.29, 1.82) is 0 Å². The van der Waals surface area contributed by atoms with Gasteiger partial charge >= 0.3 is 0 Å². The summed E-state index contributed by atoms with van der Waals surface area (Å²) in [6, 6.07) is 6.27. The monoisotopic (exact) mass is 332 g/mol. The van der Waals surface area contributed by atoms with Gasteiger partial charge in [0.1, 0.15) is 0 Å². The molecule has 92 valence electrons. The minimum absolute atomic E-state index is 0.452. The molecule has 0 saturated carbocycles. The van der Waals surface area contributed by atoms with Crippen molar-refractivity contribution < 1.29 is 0 Å². The van der Waals surface area contributed by atoms with Crippen LogP contribution >= 0.6 is 39.3 Å². The molecule has 1 aromatic rings. The van der Waals surface area contributed by atoms with E-state index in [-0.39, 0.29) is 0 Å². The van der Waals surface area contributed by atoms with Gasteiger partial charge in [-0.3, -0.25) is 4.99 Å². The lowest BCUT2D eigenvalue weighted by Gasteiger charge is -2.20. The fraction of sp³-hybridized carbons (Fsp3) is 0.417. The molecule has 0 aliphatic carbocycles. The molecule has 1 unspecified atom stereocenters. The Hall–Kier alpha value is -0.190. The van der Waals surface area contributed by atoms with E-state index in [4.69, 9.17) is 11.6 Å². The molecule has 0 saturated heterocycles. The topological polar surface area (TPSA) is 24.4 Å². The Morgan fingerprint density at radius 3 is 3.12 bits per heavy atom. The Labute approximate surface area is 119 Å². The van der Waals surface area contributed by atoms with Gasteiger partial charge in [-0.15, -0.1) is 0 Å². The zero-order valence-electron chi connectivity index (χ0n) is 9.54. The first-order valence-corrected chi connectivity index (χ1v) is 7.77. The van der Waals surface area contributed by atoms with E-state index in [0.717, 1.165) is 27.5 Å². The normalized spacial score (nSPS) is 19.9. The average Bonchev–Trinajstić information content (AvgIpc) is 2.33. The van der Waals surface area contributed by atoms with Crippen LogP contribution in [-0.2, 0) is 0 Å². The fourth-order valence-electron chi connectivity index (χ4n) is 1.63. The van der Waals surface area contributed by atoms with Crippen LogP contribution in [0.25, 0.3) is 0 Å². The van der Waals surface area contributed by atoms with Crippen molar-refractivity contribution in [2.24, 2.45) is 4.99 Å². The van der Waals surface area contributed by atoms with Crippen LogP contribution in [0, 0.1) is 0 Å². The van der Waals surface area contributed by atoms with Crippen molar-refractivity contribution in [3.63, 3.8) is 0 Å². The fourth-order valence-corrected chi connectivity index (χ4v) is 3.34. The van der Waals surface area contributed by atoms with Crippen LogP contribution < -0.4 is 5.32 Å². The number of nitrogens with one attached hydrogen (secondary N) is 1. The van der Waals surface area contributed by atoms with Gasteiger partial charge in [0.15, 0.2) is 5.17 Å². The molecule has 1 aliphatic rings. The molecule has 17 heavy (non-hydrogen) atoms. The molecule has 1 atom stereocenters. The van der Waals surface area contributed by atoms with Gasteiger partial charge in [-0.05, 0) is 31.0 Å². The molecule has 0 amide bonds. The lowest BCUT2D eigenvalue weighted by molar-refractivity contribution is 0.634. The van der Waals surface area contributed by atoms with Gasteiger partial charge < -0.3 is 5.32 Å². The van der Waals surface area contributed by atoms with Crippen LogP contribution in [0.2, 0.25) is 5.02 Å². The minimum Gasteiger partial charge on any atom is -0.334 e. The average molecular weight is 334 g/mol. The molecule has 0 bridgehead atoms. The molecule has 0 spiro atoms. The highest BCUT2D eigenvalue weighted by molar-refractivity contribution is 9.10. The summed E-state index contributed by atoms with van der Waals surface area (Å²) in [6.07, 6.45) is 2.26. The summed E-state index contributed by atoms with van der Waals surface area (Å²) >= 11 is 11.3. The highest BCUT2D eigenvalue weighted by Gasteiger charge is 2.14. The van der Waals surface area contributed by atoms with E-state index in [9.17, 15) is 0 Å².